The van der Waals surface area contributed by atoms with Crippen LogP contribution in [-0.4, -0.2) is 13.2 Å². The van der Waals surface area contributed by atoms with Crippen LogP contribution in [0, 0.1) is 0 Å². The highest BCUT2D eigenvalue weighted by Crippen LogP contribution is 2.29. The van der Waals surface area contributed by atoms with Gasteiger partial charge in [0.05, 0.1) is 18.8 Å². The second kappa shape index (κ2) is 7.42. The predicted octanol–water partition coefficient (Wildman–Crippen LogP) is 3.96. The van der Waals surface area contributed by atoms with Crippen molar-refractivity contribution in [2.45, 2.75) is 18.7 Å². The molecule has 2 aromatic carbocycles. The second-order valence-electron chi connectivity index (χ2n) is 5.06. The molecule has 1 atom stereocenters. The second-order valence-corrected chi connectivity index (χ2v) is 5.06. The molecule has 0 amide bonds. The maximum Gasteiger partial charge on any atom is 0.416 e. The van der Waals surface area contributed by atoms with E-state index in [9.17, 15) is 13.2 Å². The van der Waals surface area contributed by atoms with E-state index in [0.29, 0.717) is 18.7 Å². The van der Waals surface area contributed by atoms with Gasteiger partial charge in [0.1, 0.15) is 0 Å². The monoisotopic (exact) mass is 309 g/mol. The van der Waals surface area contributed by atoms with Gasteiger partial charge < -0.3 is 10.5 Å². The molecule has 0 saturated carbocycles. The van der Waals surface area contributed by atoms with Gasteiger partial charge in [0.15, 0.2) is 0 Å². The van der Waals surface area contributed by atoms with Crippen LogP contribution in [0.15, 0.2) is 54.6 Å². The quantitative estimate of drug-likeness (QED) is 0.876. The Morgan fingerprint density at radius 3 is 2.36 bits per heavy atom. The Kier molecular flexibility index (Phi) is 5.57. The van der Waals surface area contributed by atoms with E-state index in [1.165, 1.54) is 6.07 Å². The summed E-state index contributed by atoms with van der Waals surface area (Å²) in [5, 5.41) is 0. The Morgan fingerprint density at radius 2 is 1.73 bits per heavy atom. The molecule has 2 N–H and O–H groups in total. The Balaban J connectivity index is 1.93. The highest BCUT2D eigenvalue weighted by atomic mass is 19.4. The molecule has 0 fully saturated rings. The zero-order valence-electron chi connectivity index (χ0n) is 12.0. The summed E-state index contributed by atoms with van der Waals surface area (Å²) in [6.45, 7) is 0.927. The van der Waals surface area contributed by atoms with Crippen molar-refractivity contribution in [1.29, 1.82) is 0 Å². The summed E-state index contributed by atoms with van der Waals surface area (Å²) in [5.41, 5.74) is 6.64. The van der Waals surface area contributed by atoms with Gasteiger partial charge >= 0.3 is 6.18 Å². The van der Waals surface area contributed by atoms with Gasteiger partial charge in [-0.15, -0.1) is 0 Å². The SMILES string of the molecule is NCC(COCc1cccc(C(F)(F)F)c1)c1ccccc1. The van der Waals surface area contributed by atoms with Crippen molar-refractivity contribution in [1.82, 2.24) is 0 Å². The Hall–Kier alpha value is -1.85. The highest BCUT2D eigenvalue weighted by molar-refractivity contribution is 5.25. The Morgan fingerprint density at radius 1 is 1.00 bits per heavy atom. The molecule has 0 aliphatic heterocycles. The summed E-state index contributed by atoms with van der Waals surface area (Å²) >= 11 is 0. The molecule has 22 heavy (non-hydrogen) atoms. The molecule has 5 heteroatoms. The lowest BCUT2D eigenvalue weighted by Gasteiger charge is -2.16. The van der Waals surface area contributed by atoms with Crippen molar-refractivity contribution in [2.24, 2.45) is 5.73 Å². The standard InChI is InChI=1S/C17H18F3NO/c18-17(19,20)16-8-4-5-13(9-16)11-22-12-15(10-21)14-6-2-1-3-7-14/h1-9,15H,10-12,21H2. The summed E-state index contributed by atoms with van der Waals surface area (Å²) in [7, 11) is 0. The highest BCUT2D eigenvalue weighted by Gasteiger charge is 2.30. The first-order valence-electron chi connectivity index (χ1n) is 6.99. The topological polar surface area (TPSA) is 35.2 Å². The predicted molar refractivity (Wildman–Crippen MR) is 79.3 cm³/mol. The van der Waals surface area contributed by atoms with Crippen LogP contribution in [-0.2, 0) is 17.5 Å². The average Bonchev–Trinajstić information content (AvgIpc) is 2.52. The van der Waals surface area contributed by atoms with E-state index in [0.717, 1.165) is 17.7 Å². The van der Waals surface area contributed by atoms with Gasteiger partial charge in [0, 0.05) is 12.5 Å². The van der Waals surface area contributed by atoms with Crippen molar-refractivity contribution >= 4 is 0 Å². The molecule has 2 nitrogen and oxygen atoms in total. The van der Waals surface area contributed by atoms with Gasteiger partial charge in [0.2, 0.25) is 0 Å². The molecule has 0 heterocycles. The largest absolute Gasteiger partial charge is 0.416 e. The maximum absolute atomic E-state index is 12.6. The molecular formula is C17H18F3NO. The lowest BCUT2D eigenvalue weighted by Crippen LogP contribution is -2.18. The van der Waals surface area contributed by atoms with E-state index in [1.807, 2.05) is 30.3 Å². The number of hydrogen-bond acceptors (Lipinski definition) is 2. The number of rotatable bonds is 6. The van der Waals surface area contributed by atoms with Gasteiger partial charge in [-0.2, -0.15) is 13.2 Å². The van der Waals surface area contributed by atoms with Gasteiger partial charge in [-0.25, -0.2) is 0 Å². The van der Waals surface area contributed by atoms with Gasteiger partial charge in [-0.1, -0.05) is 42.5 Å². The zero-order valence-corrected chi connectivity index (χ0v) is 12.0. The summed E-state index contributed by atoms with van der Waals surface area (Å²) in [4.78, 5) is 0. The molecule has 0 spiro atoms. The van der Waals surface area contributed by atoms with E-state index in [4.69, 9.17) is 10.5 Å². The maximum atomic E-state index is 12.6. The van der Waals surface area contributed by atoms with Gasteiger partial charge in [-0.3, -0.25) is 0 Å². The zero-order chi connectivity index (χ0) is 16.0. The number of benzene rings is 2. The summed E-state index contributed by atoms with van der Waals surface area (Å²) in [5.74, 6) is 0.0343. The molecule has 0 saturated heterocycles. The third-order valence-electron chi connectivity index (χ3n) is 3.40. The van der Waals surface area contributed by atoms with Crippen molar-refractivity contribution in [3.63, 3.8) is 0 Å². The molecule has 0 aromatic heterocycles. The smallest absolute Gasteiger partial charge is 0.376 e. The fraction of sp³-hybridized carbons (Fsp3) is 0.294. The molecule has 0 radical (unpaired) electrons. The van der Waals surface area contributed by atoms with E-state index in [2.05, 4.69) is 0 Å². The minimum Gasteiger partial charge on any atom is -0.376 e. The normalized spacial score (nSPS) is 13.1. The third kappa shape index (κ3) is 4.58. The number of alkyl halides is 3. The molecule has 0 bridgehead atoms. The fourth-order valence-corrected chi connectivity index (χ4v) is 2.18. The minimum absolute atomic E-state index is 0.0343. The molecule has 1 unspecified atom stereocenters. The number of halogens is 3. The molecule has 2 rings (SSSR count). The van der Waals surface area contributed by atoms with E-state index < -0.39 is 11.7 Å². The summed E-state index contributed by atoms with van der Waals surface area (Å²) in [6.07, 6.45) is -4.33. The van der Waals surface area contributed by atoms with Crippen molar-refractivity contribution < 1.29 is 17.9 Å². The first kappa shape index (κ1) is 16.5. The lowest BCUT2D eigenvalue weighted by molar-refractivity contribution is -0.137. The summed E-state index contributed by atoms with van der Waals surface area (Å²) in [6, 6.07) is 14.9. The molecule has 0 aliphatic rings. The Labute approximate surface area is 127 Å². The first-order valence-corrected chi connectivity index (χ1v) is 6.99. The number of hydrogen-bond donors (Lipinski definition) is 1. The minimum atomic E-state index is -4.33. The Bertz CT molecular complexity index is 584. The van der Waals surface area contributed by atoms with E-state index in [1.54, 1.807) is 6.07 Å². The third-order valence-corrected chi connectivity index (χ3v) is 3.40. The lowest BCUT2D eigenvalue weighted by atomic mass is 10.0. The fourth-order valence-electron chi connectivity index (χ4n) is 2.18. The van der Waals surface area contributed by atoms with E-state index in [-0.39, 0.29) is 12.5 Å². The average molecular weight is 309 g/mol. The van der Waals surface area contributed by atoms with Gasteiger partial charge in [0.25, 0.3) is 0 Å². The molecule has 118 valence electrons. The number of ether oxygens (including phenoxy) is 1. The van der Waals surface area contributed by atoms with Crippen LogP contribution in [0.25, 0.3) is 0 Å². The van der Waals surface area contributed by atoms with Crippen LogP contribution in [0.4, 0.5) is 13.2 Å². The molecule has 2 aromatic rings. The van der Waals surface area contributed by atoms with Crippen LogP contribution in [0.1, 0.15) is 22.6 Å². The van der Waals surface area contributed by atoms with Gasteiger partial charge in [-0.05, 0) is 23.3 Å². The van der Waals surface area contributed by atoms with Crippen molar-refractivity contribution in [2.75, 3.05) is 13.2 Å². The van der Waals surface area contributed by atoms with Crippen LogP contribution >= 0.6 is 0 Å². The van der Waals surface area contributed by atoms with Crippen LogP contribution in [0.5, 0.6) is 0 Å². The molecule has 0 aliphatic carbocycles. The van der Waals surface area contributed by atoms with Crippen LogP contribution in [0.3, 0.4) is 0 Å². The van der Waals surface area contributed by atoms with Crippen LogP contribution in [0.2, 0.25) is 0 Å². The summed E-state index contributed by atoms with van der Waals surface area (Å²) < 4.78 is 43.5. The molecular weight excluding hydrogens is 291 g/mol. The van der Waals surface area contributed by atoms with Crippen molar-refractivity contribution in [3.8, 4) is 0 Å². The number of nitrogens with two attached hydrogens (primary N) is 1. The first-order chi connectivity index (χ1) is 10.5. The van der Waals surface area contributed by atoms with E-state index >= 15 is 0 Å². The van der Waals surface area contributed by atoms with Crippen molar-refractivity contribution in [3.05, 3.63) is 71.3 Å². The van der Waals surface area contributed by atoms with Crippen LogP contribution < -0.4 is 5.73 Å².